The van der Waals surface area contributed by atoms with Crippen LogP contribution < -0.4 is 32.3 Å². The van der Waals surface area contributed by atoms with Crippen LogP contribution in [0, 0.1) is 27.9 Å². The molecule has 12 heteroatoms. The van der Waals surface area contributed by atoms with Crippen molar-refractivity contribution in [1.29, 1.82) is 0 Å². The summed E-state index contributed by atoms with van der Waals surface area (Å²) in [4.78, 5) is 40.6. The van der Waals surface area contributed by atoms with Crippen LogP contribution in [0.15, 0.2) is 0 Å². The summed E-state index contributed by atoms with van der Waals surface area (Å²) in [5.74, 6) is 0.842. The first kappa shape index (κ1) is 25.2. The zero-order chi connectivity index (χ0) is 23.9. The Hall–Kier alpha value is -1.86. The second-order valence-electron chi connectivity index (χ2n) is 10.1. The first-order chi connectivity index (χ1) is 16.5. The van der Waals surface area contributed by atoms with Gasteiger partial charge in [0.15, 0.2) is 0 Å². The molecule has 6 N–H and O–H groups in total. The number of nitro groups is 1. The van der Waals surface area contributed by atoms with Crippen LogP contribution in [0.1, 0.15) is 70.6 Å². The third-order valence-electron chi connectivity index (χ3n) is 7.82. The summed E-state index contributed by atoms with van der Waals surface area (Å²) in [6, 6.07) is -0.419. The summed E-state index contributed by atoms with van der Waals surface area (Å²) in [6.45, 7) is 1.35. The van der Waals surface area contributed by atoms with Gasteiger partial charge in [0.05, 0.1) is 12.3 Å². The van der Waals surface area contributed by atoms with E-state index in [1.54, 1.807) is 0 Å². The molecule has 192 valence electrons. The van der Waals surface area contributed by atoms with Crippen LogP contribution in [-0.2, 0) is 14.4 Å². The third kappa shape index (κ3) is 6.63. The van der Waals surface area contributed by atoms with Crippen molar-refractivity contribution in [1.82, 2.24) is 32.3 Å². The minimum Gasteiger partial charge on any atom is -0.356 e. The molecule has 0 bridgehead atoms. The third-order valence-corrected chi connectivity index (χ3v) is 7.82. The van der Waals surface area contributed by atoms with Gasteiger partial charge in [-0.15, -0.1) is 0 Å². The summed E-state index contributed by atoms with van der Waals surface area (Å²) in [7, 11) is 0. The Kier molecular flexibility index (Phi) is 9.06. The van der Waals surface area contributed by atoms with Crippen molar-refractivity contribution in [2.45, 2.75) is 95.2 Å². The molecule has 4 rings (SSSR count). The van der Waals surface area contributed by atoms with Gasteiger partial charge >= 0.3 is 0 Å². The quantitative estimate of drug-likeness (QED) is 0.146. The second-order valence-corrected chi connectivity index (χ2v) is 10.1. The molecule has 4 fully saturated rings. The minimum absolute atomic E-state index is 0.00394. The lowest BCUT2D eigenvalue weighted by Gasteiger charge is -2.41. The fourth-order valence-corrected chi connectivity index (χ4v) is 5.80. The molecule has 0 aromatic carbocycles. The Bertz CT molecular complexity index is 718. The van der Waals surface area contributed by atoms with Gasteiger partial charge in [0.25, 0.3) is 0 Å². The smallest absolute Gasteiger partial charge is 0.237 e. The highest BCUT2D eigenvalue weighted by Gasteiger charge is 2.39. The van der Waals surface area contributed by atoms with Gasteiger partial charge in [0, 0.05) is 42.6 Å². The zero-order valence-corrected chi connectivity index (χ0v) is 19.7. The van der Waals surface area contributed by atoms with Gasteiger partial charge in [0.1, 0.15) is 6.23 Å². The molecule has 2 aliphatic carbocycles. The summed E-state index contributed by atoms with van der Waals surface area (Å²) < 4.78 is 0. The van der Waals surface area contributed by atoms with E-state index in [4.69, 9.17) is 4.84 Å². The largest absolute Gasteiger partial charge is 0.356 e. The number of amides is 2. The zero-order valence-electron chi connectivity index (χ0n) is 19.7. The van der Waals surface area contributed by atoms with Gasteiger partial charge in [0.2, 0.25) is 17.9 Å². The molecule has 2 saturated heterocycles. The van der Waals surface area contributed by atoms with E-state index in [1.807, 2.05) is 0 Å². The molecule has 2 aliphatic heterocycles. The predicted octanol–water partition coefficient (Wildman–Crippen LogP) is 0.242. The predicted molar refractivity (Wildman–Crippen MR) is 123 cm³/mol. The Balaban J connectivity index is 1.05. The SMILES string of the molecule is O=C(CCC1NC(C2CCC([N+](=O)[O-])CC2)NO1)NCCCNC1NNC(=O)C2CCCCC12. The molecule has 2 amide bonds. The Labute approximate surface area is 200 Å². The maximum absolute atomic E-state index is 12.2. The molecule has 0 aromatic heterocycles. The number of carbonyl (C=O) groups is 2. The molecule has 12 nitrogen and oxygen atoms in total. The molecule has 5 unspecified atom stereocenters. The fourth-order valence-electron chi connectivity index (χ4n) is 5.80. The lowest BCUT2D eigenvalue weighted by Crippen LogP contribution is -2.64. The van der Waals surface area contributed by atoms with Gasteiger partial charge in [-0.2, -0.15) is 5.48 Å². The molecular weight excluding hydrogens is 442 g/mol. The van der Waals surface area contributed by atoms with E-state index >= 15 is 0 Å². The summed E-state index contributed by atoms with van der Waals surface area (Å²) in [5.41, 5.74) is 8.90. The second kappa shape index (κ2) is 12.2. The number of nitrogens with zero attached hydrogens (tertiary/aromatic N) is 1. The lowest BCUT2D eigenvalue weighted by molar-refractivity contribution is -0.527. The lowest BCUT2D eigenvalue weighted by atomic mass is 9.76. The van der Waals surface area contributed by atoms with Crippen LogP contribution in [0.3, 0.4) is 0 Å². The minimum atomic E-state index is -0.419. The summed E-state index contributed by atoms with van der Waals surface area (Å²) in [5, 5.41) is 20.7. The van der Waals surface area contributed by atoms with Crippen molar-refractivity contribution in [3.8, 4) is 0 Å². The van der Waals surface area contributed by atoms with Crippen molar-refractivity contribution in [2.75, 3.05) is 13.1 Å². The van der Waals surface area contributed by atoms with Crippen LogP contribution >= 0.6 is 0 Å². The fraction of sp³-hybridized carbons (Fsp3) is 0.909. The van der Waals surface area contributed by atoms with Crippen LogP contribution in [-0.4, -0.2) is 54.4 Å². The number of fused-ring (bicyclic) bond motifs is 1. The maximum Gasteiger partial charge on any atom is 0.237 e. The van der Waals surface area contributed by atoms with E-state index in [0.29, 0.717) is 44.1 Å². The number of hydrazine groups is 1. The Morgan fingerprint density at radius 3 is 2.71 bits per heavy atom. The first-order valence-electron chi connectivity index (χ1n) is 12.9. The molecular formula is C22H39N7O5. The van der Waals surface area contributed by atoms with Gasteiger partial charge < -0.3 is 10.6 Å². The molecule has 2 saturated carbocycles. The van der Waals surface area contributed by atoms with Gasteiger partial charge in [-0.25, -0.2) is 5.43 Å². The number of hydroxylamine groups is 1. The van der Waals surface area contributed by atoms with E-state index in [9.17, 15) is 19.7 Å². The van der Waals surface area contributed by atoms with Gasteiger partial charge in [-0.3, -0.25) is 35.3 Å². The van der Waals surface area contributed by atoms with E-state index < -0.39 is 6.04 Å². The topological polar surface area (TPSA) is 159 Å². The summed E-state index contributed by atoms with van der Waals surface area (Å²) >= 11 is 0. The summed E-state index contributed by atoms with van der Waals surface area (Å²) in [6.07, 6.45) is 8.69. The van der Waals surface area contributed by atoms with Crippen LogP contribution in [0.25, 0.3) is 0 Å². The number of nitrogens with one attached hydrogen (secondary N) is 6. The monoisotopic (exact) mass is 481 g/mol. The highest BCUT2D eigenvalue weighted by atomic mass is 16.7. The Morgan fingerprint density at radius 2 is 1.91 bits per heavy atom. The standard InChI is InChI=1S/C22H39N7O5/c30-18(10-11-19-25-20(28-34-19)14-6-8-15(9-7-14)29(32)33)23-12-3-13-24-21-16-4-1-2-5-17(16)22(31)27-26-21/h14-17,19-21,24-26,28H,1-13H2,(H,23,30)(H,27,31). The molecule has 34 heavy (non-hydrogen) atoms. The van der Waals surface area contributed by atoms with Crippen molar-refractivity contribution in [2.24, 2.45) is 17.8 Å². The van der Waals surface area contributed by atoms with Gasteiger partial charge in [-0.05, 0) is 51.0 Å². The highest BCUT2D eigenvalue weighted by Crippen LogP contribution is 2.33. The molecule has 0 aromatic rings. The van der Waals surface area contributed by atoms with Crippen LogP contribution in [0.5, 0.6) is 0 Å². The maximum atomic E-state index is 12.2. The van der Waals surface area contributed by atoms with E-state index in [1.165, 1.54) is 6.42 Å². The Morgan fingerprint density at radius 1 is 1.12 bits per heavy atom. The van der Waals surface area contributed by atoms with Crippen LogP contribution in [0.2, 0.25) is 0 Å². The molecule has 5 atom stereocenters. The van der Waals surface area contributed by atoms with Gasteiger partial charge in [-0.1, -0.05) is 12.8 Å². The molecule has 2 heterocycles. The van der Waals surface area contributed by atoms with E-state index in [2.05, 4.69) is 32.3 Å². The van der Waals surface area contributed by atoms with Crippen molar-refractivity contribution < 1.29 is 19.3 Å². The van der Waals surface area contributed by atoms with E-state index in [-0.39, 0.29) is 41.2 Å². The normalized spacial score (nSPS) is 35.9. The van der Waals surface area contributed by atoms with Crippen molar-refractivity contribution >= 4 is 11.8 Å². The van der Waals surface area contributed by atoms with Crippen molar-refractivity contribution in [3.05, 3.63) is 10.1 Å². The number of hydrogen-bond acceptors (Lipinski definition) is 9. The average molecular weight is 482 g/mol. The van der Waals surface area contributed by atoms with E-state index in [0.717, 1.165) is 45.1 Å². The first-order valence-corrected chi connectivity index (χ1v) is 12.9. The van der Waals surface area contributed by atoms with Crippen molar-refractivity contribution in [3.63, 3.8) is 0 Å². The van der Waals surface area contributed by atoms with Crippen LogP contribution in [0.4, 0.5) is 0 Å². The highest BCUT2D eigenvalue weighted by molar-refractivity contribution is 5.79. The molecule has 0 spiro atoms. The molecule has 0 radical (unpaired) electrons. The number of hydrogen-bond donors (Lipinski definition) is 6. The average Bonchev–Trinajstić information content (AvgIpc) is 3.33. The molecule has 4 aliphatic rings. The number of rotatable bonds is 10. The number of carbonyl (C=O) groups excluding carboxylic acids is 2.